The van der Waals surface area contributed by atoms with E-state index in [9.17, 15) is 10.1 Å². The number of amides is 1. The van der Waals surface area contributed by atoms with Gasteiger partial charge in [-0.15, -0.1) is 0 Å². The summed E-state index contributed by atoms with van der Waals surface area (Å²) in [5.74, 6) is 0.646. The van der Waals surface area contributed by atoms with Gasteiger partial charge >= 0.3 is 0 Å². The summed E-state index contributed by atoms with van der Waals surface area (Å²) in [7, 11) is 1.61. The number of allylic oxidation sites excluding steroid dienone is 1. The number of aryl methyl sites for hydroxylation is 1. The Hall–Kier alpha value is -3.04. The van der Waals surface area contributed by atoms with E-state index < -0.39 is 0 Å². The third-order valence-corrected chi connectivity index (χ3v) is 5.12. The number of nitrogens with one attached hydrogen (secondary N) is 2. The fourth-order valence-electron chi connectivity index (χ4n) is 3.31. The van der Waals surface area contributed by atoms with Gasteiger partial charge in [-0.1, -0.05) is 13.8 Å². The normalized spacial score (nSPS) is 11.4. The molecule has 1 aromatic carbocycles. The molecule has 6 heteroatoms. The molecule has 2 aromatic rings. The SMILES string of the molecule is CCN(CC)CCNC(=O)c1c(C)[nH]c(/C=C(\C#N)c2ccc(OC)cc2)c1C. The van der Waals surface area contributed by atoms with Gasteiger partial charge in [0.2, 0.25) is 0 Å². The summed E-state index contributed by atoms with van der Waals surface area (Å²) in [4.78, 5) is 18.2. The Bertz CT molecular complexity index is 900. The Kier molecular flexibility index (Phi) is 8.05. The lowest BCUT2D eigenvalue weighted by atomic mass is 10.0. The molecule has 154 valence electrons. The van der Waals surface area contributed by atoms with E-state index >= 15 is 0 Å². The highest BCUT2D eigenvalue weighted by atomic mass is 16.5. The molecule has 0 aliphatic rings. The van der Waals surface area contributed by atoms with Crippen molar-refractivity contribution in [2.45, 2.75) is 27.7 Å². The largest absolute Gasteiger partial charge is 0.497 e. The van der Waals surface area contributed by atoms with Gasteiger partial charge in [0.05, 0.1) is 24.3 Å². The van der Waals surface area contributed by atoms with Crippen molar-refractivity contribution in [2.75, 3.05) is 33.3 Å². The number of aromatic nitrogens is 1. The second-order valence-corrected chi connectivity index (χ2v) is 6.84. The number of rotatable bonds is 9. The van der Waals surface area contributed by atoms with Crippen molar-refractivity contribution >= 4 is 17.6 Å². The van der Waals surface area contributed by atoms with Crippen molar-refractivity contribution < 1.29 is 9.53 Å². The van der Waals surface area contributed by atoms with E-state index in [4.69, 9.17) is 4.74 Å². The minimum absolute atomic E-state index is 0.0917. The predicted molar refractivity (Wildman–Crippen MR) is 117 cm³/mol. The first kappa shape index (κ1) is 22.3. The van der Waals surface area contributed by atoms with E-state index in [1.807, 2.05) is 38.1 Å². The van der Waals surface area contributed by atoms with E-state index in [0.717, 1.165) is 47.9 Å². The average Bonchev–Trinajstić information content (AvgIpc) is 3.02. The van der Waals surface area contributed by atoms with E-state index in [2.05, 4.69) is 35.1 Å². The van der Waals surface area contributed by atoms with Crippen LogP contribution in [0.4, 0.5) is 0 Å². The van der Waals surface area contributed by atoms with E-state index in [0.29, 0.717) is 17.7 Å². The number of hydrogen-bond donors (Lipinski definition) is 2. The van der Waals surface area contributed by atoms with Crippen LogP contribution >= 0.6 is 0 Å². The molecule has 1 heterocycles. The van der Waals surface area contributed by atoms with Gasteiger partial charge in [0.15, 0.2) is 0 Å². The maximum atomic E-state index is 12.7. The number of nitriles is 1. The number of likely N-dealkylation sites (N-methyl/N-ethyl adjacent to an activating group) is 1. The Labute approximate surface area is 173 Å². The molecule has 0 radical (unpaired) electrons. The number of benzene rings is 1. The number of H-pyrrole nitrogens is 1. The van der Waals surface area contributed by atoms with Crippen molar-refractivity contribution in [3.05, 3.63) is 52.3 Å². The minimum atomic E-state index is -0.0917. The third-order valence-electron chi connectivity index (χ3n) is 5.12. The molecule has 29 heavy (non-hydrogen) atoms. The van der Waals surface area contributed by atoms with Gasteiger partial charge in [-0.2, -0.15) is 5.26 Å². The van der Waals surface area contributed by atoms with Crippen LogP contribution in [0.25, 0.3) is 11.6 Å². The summed E-state index contributed by atoms with van der Waals surface area (Å²) >= 11 is 0. The molecule has 0 bridgehead atoms. The van der Waals surface area contributed by atoms with Gasteiger partial charge in [0.25, 0.3) is 5.91 Å². The summed E-state index contributed by atoms with van der Waals surface area (Å²) < 4.78 is 5.17. The van der Waals surface area contributed by atoms with Gasteiger partial charge in [0.1, 0.15) is 5.75 Å². The molecule has 0 spiro atoms. The lowest BCUT2D eigenvalue weighted by Crippen LogP contribution is -2.35. The molecule has 0 fully saturated rings. The van der Waals surface area contributed by atoms with E-state index in [1.165, 1.54) is 0 Å². The van der Waals surface area contributed by atoms with Crippen LogP contribution in [-0.4, -0.2) is 49.1 Å². The number of aromatic amines is 1. The van der Waals surface area contributed by atoms with Crippen LogP contribution in [-0.2, 0) is 0 Å². The number of ether oxygens (including phenoxy) is 1. The van der Waals surface area contributed by atoms with Crippen molar-refractivity contribution in [3.63, 3.8) is 0 Å². The van der Waals surface area contributed by atoms with E-state index in [-0.39, 0.29) is 5.91 Å². The molecule has 0 aliphatic carbocycles. The molecule has 0 saturated heterocycles. The molecule has 0 atom stereocenters. The van der Waals surface area contributed by atoms with Gasteiger partial charge in [-0.05, 0) is 68.4 Å². The molecular formula is C23H30N4O2. The van der Waals surface area contributed by atoms with Gasteiger partial charge in [-0.25, -0.2) is 0 Å². The lowest BCUT2D eigenvalue weighted by Gasteiger charge is -2.18. The maximum absolute atomic E-state index is 12.7. The Morgan fingerprint density at radius 3 is 2.45 bits per heavy atom. The number of methoxy groups -OCH3 is 1. The molecule has 1 aromatic heterocycles. The van der Waals surface area contributed by atoms with Crippen molar-refractivity contribution in [3.8, 4) is 11.8 Å². The fourth-order valence-corrected chi connectivity index (χ4v) is 3.31. The molecular weight excluding hydrogens is 364 g/mol. The minimum Gasteiger partial charge on any atom is -0.497 e. The second-order valence-electron chi connectivity index (χ2n) is 6.84. The predicted octanol–water partition coefficient (Wildman–Crippen LogP) is 3.78. The first-order valence-electron chi connectivity index (χ1n) is 9.91. The summed E-state index contributed by atoms with van der Waals surface area (Å²) in [6.07, 6.45) is 1.79. The van der Waals surface area contributed by atoms with Gasteiger partial charge in [-0.3, -0.25) is 4.79 Å². The Morgan fingerprint density at radius 2 is 1.90 bits per heavy atom. The fraction of sp³-hybridized carbons (Fsp3) is 0.391. The second kappa shape index (κ2) is 10.5. The van der Waals surface area contributed by atoms with Crippen molar-refractivity contribution in [1.82, 2.24) is 15.2 Å². The summed E-state index contributed by atoms with van der Waals surface area (Å²) in [5, 5.41) is 12.6. The number of nitrogens with zero attached hydrogens (tertiary/aromatic N) is 2. The maximum Gasteiger partial charge on any atom is 0.253 e. The Balaban J connectivity index is 2.21. The van der Waals surface area contributed by atoms with Crippen LogP contribution in [0.5, 0.6) is 5.75 Å². The van der Waals surface area contributed by atoms with Crippen molar-refractivity contribution in [2.24, 2.45) is 0 Å². The topological polar surface area (TPSA) is 81.2 Å². The van der Waals surface area contributed by atoms with Crippen LogP contribution in [0.3, 0.4) is 0 Å². The quantitative estimate of drug-likeness (QED) is 0.634. The summed E-state index contributed by atoms with van der Waals surface area (Å²) in [5.41, 5.74) is 4.35. The van der Waals surface area contributed by atoms with Gasteiger partial charge < -0.3 is 19.9 Å². The zero-order valence-electron chi connectivity index (χ0n) is 17.9. The molecule has 1 amide bonds. The number of hydrogen-bond acceptors (Lipinski definition) is 4. The monoisotopic (exact) mass is 394 g/mol. The number of carbonyl (C=O) groups excluding carboxylic acids is 1. The zero-order valence-corrected chi connectivity index (χ0v) is 17.9. The van der Waals surface area contributed by atoms with E-state index in [1.54, 1.807) is 13.2 Å². The highest BCUT2D eigenvalue weighted by molar-refractivity contribution is 5.99. The molecule has 0 saturated carbocycles. The molecule has 2 rings (SSSR count). The average molecular weight is 395 g/mol. The molecule has 6 nitrogen and oxygen atoms in total. The highest BCUT2D eigenvalue weighted by Crippen LogP contribution is 2.24. The smallest absolute Gasteiger partial charge is 0.253 e. The Morgan fingerprint density at radius 1 is 1.24 bits per heavy atom. The molecule has 2 N–H and O–H groups in total. The number of carbonyl (C=O) groups is 1. The molecule has 0 aliphatic heterocycles. The van der Waals surface area contributed by atoms with Gasteiger partial charge in [0, 0.05) is 24.5 Å². The van der Waals surface area contributed by atoms with Crippen LogP contribution < -0.4 is 10.1 Å². The zero-order chi connectivity index (χ0) is 21.4. The van der Waals surface area contributed by atoms with Crippen molar-refractivity contribution in [1.29, 1.82) is 5.26 Å². The standard InChI is InChI=1S/C23H30N4O2/c1-6-27(7-2)13-12-25-23(28)22-16(3)21(26-17(22)4)14-19(15-24)18-8-10-20(29-5)11-9-18/h8-11,14,26H,6-7,12-13H2,1-5H3,(H,25,28)/b19-14+. The first-order valence-corrected chi connectivity index (χ1v) is 9.91. The third kappa shape index (κ3) is 5.49. The summed E-state index contributed by atoms with van der Waals surface area (Å²) in [6.45, 7) is 11.4. The van der Waals surface area contributed by atoms with Crippen LogP contribution in [0.1, 0.15) is 46.7 Å². The van der Waals surface area contributed by atoms with Crippen LogP contribution in [0, 0.1) is 25.2 Å². The lowest BCUT2D eigenvalue weighted by molar-refractivity contribution is 0.0948. The molecule has 0 unspecified atom stereocenters. The first-order chi connectivity index (χ1) is 13.9. The summed E-state index contributed by atoms with van der Waals surface area (Å²) in [6, 6.07) is 9.58. The highest BCUT2D eigenvalue weighted by Gasteiger charge is 2.18. The van der Waals surface area contributed by atoms with Crippen LogP contribution in [0.15, 0.2) is 24.3 Å². The van der Waals surface area contributed by atoms with Crippen LogP contribution in [0.2, 0.25) is 0 Å².